The van der Waals surface area contributed by atoms with Crippen molar-refractivity contribution >= 4 is 6.03 Å². The van der Waals surface area contributed by atoms with E-state index in [1.165, 1.54) is 7.11 Å². The summed E-state index contributed by atoms with van der Waals surface area (Å²) in [5.74, 6) is 2.28. The number of hydrogen-bond acceptors (Lipinski definition) is 7. The number of fused-ring (bicyclic) bond motifs is 1. The van der Waals surface area contributed by atoms with E-state index in [9.17, 15) is 4.79 Å². The van der Waals surface area contributed by atoms with E-state index in [0.717, 1.165) is 17.7 Å². The van der Waals surface area contributed by atoms with Crippen LogP contribution in [0.5, 0.6) is 23.3 Å². The Morgan fingerprint density at radius 2 is 2.04 bits per heavy atom. The molecule has 0 saturated carbocycles. The van der Waals surface area contributed by atoms with E-state index in [2.05, 4.69) is 15.5 Å². The second-order valence-electron chi connectivity index (χ2n) is 6.23. The molecule has 2 aliphatic heterocycles. The third kappa shape index (κ3) is 3.97. The Bertz CT molecular complexity index is 814. The van der Waals surface area contributed by atoms with E-state index in [0.29, 0.717) is 37.1 Å². The summed E-state index contributed by atoms with van der Waals surface area (Å²) in [7, 11) is 1.53. The summed E-state index contributed by atoms with van der Waals surface area (Å²) >= 11 is 0. The normalized spacial score (nSPS) is 17.7. The highest BCUT2D eigenvalue weighted by molar-refractivity contribution is 5.74. The van der Waals surface area contributed by atoms with Gasteiger partial charge < -0.3 is 29.2 Å². The third-order valence-electron chi connectivity index (χ3n) is 4.43. The van der Waals surface area contributed by atoms with E-state index in [1.54, 1.807) is 17.0 Å². The van der Waals surface area contributed by atoms with Crippen LogP contribution in [0.15, 0.2) is 30.3 Å². The van der Waals surface area contributed by atoms with Gasteiger partial charge in [-0.05, 0) is 17.7 Å². The highest BCUT2D eigenvalue weighted by Gasteiger charge is 2.28. The molecule has 1 aromatic carbocycles. The summed E-state index contributed by atoms with van der Waals surface area (Å²) in [5, 5.41) is 10.7. The topological polar surface area (TPSA) is 95.0 Å². The molecule has 1 atom stereocenters. The van der Waals surface area contributed by atoms with Gasteiger partial charge >= 0.3 is 6.03 Å². The minimum Gasteiger partial charge on any atom is -0.480 e. The first kappa shape index (κ1) is 17.2. The fourth-order valence-electron chi connectivity index (χ4n) is 3.00. The maximum atomic E-state index is 12.4. The quantitative estimate of drug-likeness (QED) is 0.851. The highest BCUT2D eigenvalue weighted by Crippen LogP contribution is 2.32. The Morgan fingerprint density at radius 1 is 1.22 bits per heavy atom. The van der Waals surface area contributed by atoms with Crippen LogP contribution in [0.2, 0.25) is 0 Å². The zero-order valence-electron chi connectivity index (χ0n) is 14.9. The number of carbonyl (C=O) groups is 1. The van der Waals surface area contributed by atoms with Crippen molar-refractivity contribution in [3.8, 4) is 23.3 Å². The SMILES string of the molecule is COc1ccc(OC2CCN(C(=O)NCc3ccc4c(c3)OCO4)C2)nn1. The molecule has 0 radical (unpaired) electrons. The van der Waals surface area contributed by atoms with Crippen LogP contribution in [0, 0.1) is 0 Å². The summed E-state index contributed by atoms with van der Waals surface area (Å²) in [4.78, 5) is 14.1. The fourth-order valence-corrected chi connectivity index (χ4v) is 3.00. The van der Waals surface area contributed by atoms with Crippen molar-refractivity contribution in [3.63, 3.8) is 0 Å². The summed E-state index contributed by atoms with van der Waals surface area (Å²) in [6.07, 6.45) is 0.634. The van der Waals surface area contributed by atoms with Crippen LogP contribution in [-0.4, -0.2) is 54.2 Å². The lowest BCUT2D eigenvalue weighted by Crippen LogP contribution is -2.39. The molecule has 1 aromatic heterocycles. The Morgan fingerprint density at radius 3 is 2.85 bits per heavy atom. The molecular weight excluding hydrogens is 352 g/mol. The van der Waals surface area contributed by atoms with Crippen LogP contribution < -0.4 is 24.3 Å². The fraction of sp³-hybridized carbons (Fsp3) is 0.389. The number of methoxy groups -OCH3 is 1. The molecule has 0 bridgehead atoms. The average Bonchev–Trinajstić information content (AvgIpc) is 3.35. The van der Waals surface area contributed by atoms with Gasteiger partial charge in [0.05, 0.1) is 13.7 Å². The number of likely N-dealkylation sites (tertiary alicyclic amines) is 1. The van der Waals surface area contributed by atoms with Gasteiger partial charge in [-0.15, -0.1) is 10.2 Å². The lowest BCUT2D eigenvalue weighted by molar-refractivity contribution is 0.174. The van der Waals surface area contributed by atoms with Gasteiger partial charge in [0.2, 0.25) is 18.6 Å². The molecule has 1 unspecified atom stereocenters. The molecule has 3 heterocycles. The van der Waals surface area contributed by atoms with Crippen molar-refractivity contribution in [2.75, 3.05) is 27.0 Å². The Labute approximate surface area is 156 Å². The molecule has 9 nitrogen and oxygen atoms in total. The van der Waals surface area contributed by atoms with Crippen LogP contribution in [0.3, 0.4) is 0 Å². The number of aromatic nitrogens is 2. The maximum absolute atomic E-state index is 12.4. The van der Waals surface area contributed by atoms with Crippen LogP contribution in [0.25, 0.3) is 0 Å². The molecule has 1 N–H and O–H groups in total. The van der Waals surface area contributed by atoms with E-state index in [1.807, 2.05) is 18.2 Å². The number of urea groups is 1. The Balaban J connectivity index is 1.26. The molecule has 2 amide bonds. The van der Waals surface area contributed by atoms with Crippen molar-refractivity contribution in [2.45, 2.75) is 19.1 Å². The van der Waals surface area contributed by atoms with E-state index < -0.39 is 0 Å². The molecular formula is C18H20N4O5. The largest absolute Gasteiger partial charge is 0.480 e. The van der Waals surface area contributed by atoms with E-state index in [4.69, 9.17) is 18.9 Å². The molecule has 27 heavy (non-hydrogen) atoms. The number of nitrogens with one attached hydrogen (secondary N) is 1. The van der Waals surface area contributed by atoms with Crippen molar-refractivity contribution in [2.24, 2.45) is 0 Å². The number of ether oxygens (including phenoxy) is 4. The zero-order valence-corrected chi connectivity index (χ0v) is 14.9. The van der Waals surface area contributed by atoms with Crippen LogP contribution in [-0.2, 0) is 6.54 Å². The summed E-state index contributed by atoms with van der Waals surface area (Å²) in [6, 6.07) is 8.90. The first-order valence-corrected chi connectivity index (χ1v) is 8.67. The summed E-state index contributed by atoms with van der Waals surface area (Å²) in [5.41, 5.74) is 0.952. The van der Waals surface area contributed by atoms with Crippen molar-refractivity contribution in [3.05, 3.63) is 35.9 Å². The molecule has 2 aliphatic rings. The predicted molar refractivity (Wildman–Crippen MR) is 94.0 cm³/mol. The Hall–Kier alpha value is -3.23. The summed E-state index contributed by atoms with van der Waals surface area (Å²) < 4.78 is 21.4. The lowest BCUT2D eigenvalue weighted by Gasteiger charge is -2.17. The lowest BCUT2D eigenvalue weighted by atomic mass is 10.2. The molecule has 0 aliphatic carbocycles. The molecule has 1 saturated heterocycles. The molecule has 4 rings (SSSR count). The smallest absolute Gasteiger partial charge is 0.317 e. The second-order valence-corrected chi connectivity index (χ2v) is 6.23. The van der Waals surface area contributed by atoms with Crippen LogP contribution in [0.1, 0.15) is 12.0 Å². The van der Waals surface area contributed by atoms with Gasteiger partial charge in [0.25, 0.3) is 0 Å². The standard InChI is InChI=1S/C18H20N4O5/c1-24-16-4-5-17(21-20-16)27-13-6-7-22(10-13)18(23)19-9-12-2-3-14-15(8-12)26-11-25-14/h2-5,8,13H,6-7,9-11H2,1H3,(H,19,23). The van der Waals surface area contributed by atoms with Gasteiger partial charge in [0.1, 0.15) is 6.10 Å². The first-order valence-electron chi connectivity index (χ1n) is 8.67. The third-order valence-corrected chi connectivity index (χ3v) is 4.43. The van der Waals surface area contributed by atoms with Crippen molar-refractivity contribution < 1.29 is 23.7 Å². The van der Waals surface area contributed by atoms with Gasteiger partial charge in [-0.2, -0.15) is 0 Å². The minimum absolute atomic E-state index is 0.107. The summed E-state index contributed by atoms with van der Waals surface area (Å²) in [6.45, 7) is 1.78. The molecule has 2 aromatic rings. The number of amides is 2. The monoisotopic (exact) mass is 372 g/mol. The van der Waals surface area contributed by atoms with Gasteiger partial charge in [-0.1, -0.05) is 6.07 Å². The molecule has 142 valence electrons. The highest BCUT2D eigenvalue weighted by atomic mass is 16.7. The first-order chi connectivity index (χ1) is 13.2. The van der Waals surface area contributed by atoms with Crippen LogP contribution in [0.4, 0.5) is 4.79 Å². The van der Waals surface area contributed by atoms with Gasteiger partial charge in [0.15, 0.2) is 11.5 Å². The van der Waals surface area contributed by atoms with E-state index >= 15 is 0 Å². The molecule has 9 heteroatoms. The molecule has 1 fully saturated rings. The van der Waals surface area contributed by atoms with Gasteiger partial charge in [-0.3, -0.25) is 0 Å². The number of benzene rings is 1. The second kappa shape index (κ2) is 7.56. The van der Waals surface area contributed by atoms with E-state index in [-0.39, 0.29) is 18.9 Å². The minimum atomic E-state index is -0.125. The number of rotatable bonds is 5. The van der Waals surface area contributed by atoms with Crippen molar-refractivity contribution in [1.82, 2.24) is 20.4 Å². The van der Waals surface area contributed by atoms with Crippen LogP contribution >= 0.6 is 0 Å². The zero-order chi connectivity index (χ0) is 18.6. The van der Waals surface area contributed by atoms with Gasteiger partial charge in [0, 0.05) is 31.6 Å². The average molecular weight is 372 g/mol. The molecule has 0 spiro atoms. The van der Waals surface area contributed by atoms with Gasteiger partial charge in [-0.25, -0.2) is 4.79 Å². The van der Waals surface area contributed by atoms with Crippen molar-refractivity contribution in [1.29, 1.82) is 0 Å². The maximum Gasteiger partial charge on any atom is 0.317 e. The number of carbonyl (C=O) groups excluding carboxylic acids is 1. The predicted octanol–water partition coefficient (Wildman–Crippen LogP) is 1.58. The number of nitrogens with zero attached hydrogens (tertiary/aromatic N) is 3. The number of hydrogen-bond donors (Lipinski definition) is 1. The Kier molecular flexibility index (Phi) is 4.82.